The summed E-state index contributed by atoms with van der Waals surface area (Å²) in [6.45, 7) is 4.58. The summed E-state index contributed by atoms with van der Waals surface area (Å²) in [6, 6.07) is 21.0. The van der Waals surface area contributed by atoms with Gasteiger partial charge in [-0.2, -0.15) is 0 Å². The van der Waals surface area contributed by atoms with Crippen molar-refractivity contribution < 1.29 is 0 Å². The SMILES string of the molecule is Cc1cccc(C)c1-n1c(SCc2cc(=O)n3cc(Cl)ccc3n2)nc2c(sc(=S)n2CCc2ccccc2)c1=O. The Bertz CT molecular complexity index is 2100. The Kier molecular flexibility index (Phi) is 7.65. The van der Waals surface area contributed by atoms with Crippen LogP contribution in [0, 0.1) is 17.8 Å². The molecular formula is C30H24ClN5O2S3. The van der Waals surface area contributed by atoms with Gasteiger partial charge in [0.05, 0.1) is 16.4 Å². The molecule has 0 spiro atoms. The minimum Gasteiger partial charge on any atom is -0.307 e. The topological polar surface area (TPSA) is 74.2 Å². The first-order chi connectivity index (χ1) is 19.8. The van der Waals surface area contributed by atoms with Crippen molar-refractivity contribution in [3.63, 3.8) is 0 Å². The van der Waals surface area contributed by atoms with Gasteiger partial charge in [-0.15, -0.1) is 0 Å². The molecule has 0 fully saturated rings. The van der Waals surface area contributed by atoms with E-state index in [2.05, 4.69) is 17.1 Å². The average molecular weight is 618 g/mol. The van der Waals surface area contributed by atoms with Crippen molar-refractivity contribution in [3.05, 3.63) is 125 Å². The highest BCUT2D eigenvalue weighted by atomic mass is 35.5. The van der Waals surface area contributed by atoms with Gasteiger partial charge in [0, 0.05) is 24.6 Å². The van der Waals surface area contributed by atoms with Crippen LogP contribution in [0.5, 0.6) is 0 Å². The number of pyridine rings is 1. The van der Waals surface area contributed by atoms with E-state index in [4.69, 9.17) is 28.8 Å². The van der Waals surface area contributed by atoms with Crippen LogP contribution in [0.4, 0.5) is 0 Å². The summed E-state index contributed by atoms with van der Waals surface area (Å²) >= 11 is 14.4. The maximum atomic E-state index is 14.1. The Hall–Kier alpha value is -3.57. The molecule has 6 rings (SSSR count). The van der Waals surface area contributed by atoms with Crippen molar-refractivity contribution in [1.29, 1.82) is 0 Å². The third kappa shape index (κ3) is 5.40. The van der Waals surface area contributed by atoms with Crippen LogP contribution < -0.4 is 11.1 Å². The number of benzene rings is 2. The number of fused-ring (bicyclic) bond motifs is 2. The van der Waals surface area contributed by atoms with Gasteiger partial charge in [-0.05, 0) is 61.3 Å². The van der Waals surface area contributed by atoms with E-state index >= 15 is 0 Å². The largest absolute Gasteiger partial charge is 0.307 e. The van der Waals surface area contributed by atoms with Gasteiger partial charge in [0.25, 0.3) is 11.1 Å². The van der Waals surface area contributed by atoms with E-state index in [1.165, 1.54) is 39.1 Å². The van der Waals surface area contributed by atoms with Gasteiger partial charge >= 0.3 is 0 Å². The predicted molar refractivity (Wildman–Crippen MR) is 170 cm³/mol. The molecule has 11 heteroatoms. The molecule has 0 amide bonds. The van der Waals surface area contributed by atoms with E-state index in [0.29, 0.717) is 48.1 Å². The van der Waals surface area contributed by atoms with E-state index < -0.39 is 0 Å². The number of aromatic nitrogens is 5. The molecule has 7 nitrogen and oxygen atoms in total. The van der Waals surface area contributed by atoms with E-state index in [1.54, 1.807) is 22.9 Å². The fourth-order valence-corrected chi connectivity index (χ4v) is 7.21. The molecule has 0 saturated heterocycles. The summed E-state index contributed by atoms with van der Waals surface area (Å²) in [7, 11) is 0. The maximum absolute atomic E-state index is 14.1. The molecule has 0 unspecified atom stereocenters. The number of para-hydroxylation sites is 1. The second-order valence-corrected chi connectivity index (χ2v) is 12.7. The fraction of sp³-hybridized carbons (Fsp3) is 0.167. The van der Waals surface area contributed by atoms with Crippen LogP contribution in [0.15, 0.2) is 87.7 Å². The molecule has 0 aliphatic rings. The Morgan fingerprint density at radius 2 is 1.73 bits per heavy atom. The molecule has 4 heterocycles. The Morgan fingerprint density at radius 1 is 0.976 bits per heavy atom. The van der Waals surface area contributed by atoms with Crippen LogP contribution in [0.25, 0.3) is 21.7 Å². The Balaban J connectivity index is 1.47. The number of thiazole rings is 1. The van der Waals surface area contributed by atoms with Crippen molar-refractivity contribution in [3.8, 4) is 5.69 Å². The van der Waals surface area contributed by atoms with Crippen molar-refractivity contribution in [1.82, 2.24) is 23.5 Å². The molecule has 0 bridgehead atoms. The first-order valence-corrected chi connectivity index (χ1v) is 15.5. The molecule has 0 N–H and O–H groups in total. The molecule has 206 valence electrons. The van der Waals surface area contributed by atoms with Gasteiger partial charge in [0.1, 0.15) is 10.3 Å². The Labute approximate surface area is 253 Å². The highest BCUT2D eigenvalue weighted by Gasteiger charge is 2.21. The quantitative estimate of drug-likeness (QED) is 0.112. The lowest BCUT2D eigenvalue weighted by Crippen LogP contribution is -2.23. The predicted octanol–water partition coefficient (Wildman–Crippen LogP) is 6.79. The molecule has 0 saturated carbocycles. The average Bonchev–Trinajstić information content (AvgIpc) is 3.27. The van der Waals surface area contributed by atoms with Crippen LogP contribution in [-0.4, -0.2) is 23.5 Å². The van der Waals surface area contributed by atoms with Crippen molar-refractivity contribution in [2.75, 3.05) is 0 Å². The monoisotopic (exact) mass is 617 g/mol. The van der Waals surface area contributed by atoms with Crippen molar-refractivity contribution in [2.45, 2.75) is 37.7 Å². The van der Waals surface area contributed by atoms with Crippen LogP contribution >= 0.6 is 46.9 Å². The summed E-state index contributed by atoms with van der Waals surface area (Å²) < 4.78 is 6.18. The summed E-state index contributed by atoms with van der Waals surface area (Å²) in [4.78, 5) is 36.6. The second kappa shape index (κ2) is 11.4. The molecule has 2 aromatic carbocycles. The molecule has 0 aliphatic carbocycles. The number of rotatable bonds is 7. The molecule has 41 heavy (non-hydrogen) atoms. The molecular weight excluding hydrogens is 594 g/mol. The summed E-state index contributed by atoms with van der Waals surface area (Å²) in [5.74, 6) is 0.339. The summed E-state index contributed by atoms with van der Waals surface area (Å²) in [5.41, 5.74) is 5.17. The minimum atomic E-state index is -0.226. The third-order valence-electron chi connectivity index (χ3n) is 6.81. The lowest BCUT2D eigenvalue weighted by atomic mass is 10.1. The highest BCUT2D eigenvalue weighted by Crippen LogP contribution is 2.29. The highest BCUT2D eigenvalue weighted by molar-refractivity contribution is 7.98. The van der Waals surface area contributed by atoms with Crippen LogP contribution in [0.2, 0.25) is 5.02 Å². The molecule has 0 radical (unpaired) electrons. The normalized spacial score (nSPS) is 11.5. The van der Waals surface area contributed by atoms with Gasteiger partial charge in [-0.25, -0.2) is 9.97 Å². The third-order valence-corrected chi connectivity index (χ3v) is 9.44. The number of nitrogens with zero attached hydrogens (tertiary/aromatic N) is 5. The van der Waals surface area contributed by atoms with Gasteiger partial charge < -0.3 is 4.57 Å². The zero-order valence-corrected chi connectivity index (χ0v) is 25.4. The summed E-state index contributed by atoms with van der Waals surface area (Å²) in [5, 5.41) is 0.968. The van der Waals surface area contributed by atoms with Gasteiger partial charge in [-0.1, -0.05) is 83.2 Å². The smallest absolute Gasteiger partial charge is 0.278 e. The Morgan fingerprint density at radius 3 is 2.49 bits per heavy atom. The number of halogens is 1. The second-order valence-electron chi connectivity index (χ2n) is 9.63. The zero-order chi connectivity index (χ0) is 28.7. The van der Waals surface area contributed by atoms with Crippen LogP contribution in [0.1, 0.15) is 22.4 Å². The number of aryl methyl sites for hydroxylation is 4. The van der Waals surface area contributed by atoms with E-state index in [-0.39, 0.29) is 11.1 Å². The lowest BCUT2D eigenvalue weighted by Gasteiger charge is -2.17. The zero-order valence-electron chi connectivity index (χ0n) is 22.2. The summed E-state index contributed by atoms with van der Waals surface area (Å²) in [6.07, 6.45) is 2.31. The van der Waals surface area contributed by atoms with Gasteiger partial charge in [0.15, 0.2) is 14.8 Å². The number of hydrogen-bond donors (Lipinski definition) is 0. The van der Waals surface area contributed by atoms with Gasteiger partial charge in [0.2, 0.25) is 0 Å². The lowest BCUT2D eigenvalue weighted by molar-refractivity contribution is 0.700. The standard InChI is InChI=1S/C30H24ClN5O2S3/c1-18-7-6-8-19(2)25(18)36-28(38)26-27(34(30(39)41-26)14-13-20-9-4-3-5-10-20)33-29(36)40-17-22-15-24(37)35-16-21(31)11-12-23(35)32-22/h3-12,15-16H,13-14,17H2,1-2H3. The maximum Gasteiger partial charge on any atom is 0.278 e. The van der Waals surface area contributed by atoms with Crippen LogP contribution in [-0.2, 0) is 18.7 Å². The first-order valence-electron chi connectivity index (χ1n) is 12.9. The van der Waals surface area contributed by atoms with E-state index in [0.717, 1.165) is 23.2 Å². The van der Waals surface area contributed by atoms with Crippen LogP contribution in [0.3, 0.4) is 0 Å². The molecule has 6 aromatic rings. The van der Waals surface area contributed by atoms with E-state index in [9.17, 15) is 9.59 Å². The number of thioether (sulfide) groups is 1. The molecule has 4 aromatic heterocycles. The fourth-order valence-electron chi connectivity index (χ4n) is 4.85. The number of hydrogen-bond acceptors (Lipinski definition) is 7. The minimum absolute atomic E-state index is 0.161. The van der Waals surface area contributed by atoms with Crippen molar-refractivity contribution >= 4 is 62.9 Å². The van der Waals surface area contributed by atoms with E-state index in [1.807, 2.05) is 54.8 Å². The van der Waals surface area contributed by atoms with Crippen molar-refractivity contribution in [2.24, 2.45) is 0 Å². The first kappa shape index (κ1) is 27.6. The molecule has 0 aliphatic heterocycles. The molecule has 0 atom stereocenters. The van der Waals surface area contributed by atoms with Gasteiger partial charge in [-0.3, -0.25) is 18.6 Å².